The molecule has 0 radical (unpaired) electrons. The second kappa shape index (κ2) is 9.94. The standard InChI is InChI=1S/C27H24N6O4S/c1-17-10-15-24(37-17)18(2)29-31-23(20-11-13-22(14-12-20)33(35)36)16-38-27(31)28-25-19(3)30(4)32(26(25)34)21-8-6-5-7-9-21/h5-16H,1-4H3. The number of nitrogens with zero attached hydrogens (tertiary/aromatic N) is 6. The molecule has 5 aromatic rings. The third kappa shape index (κ3) is 4.55. The number of aryl methyl sites for hydroxylation is 1. The molecule has 3 aromatic heterocycles. The fourth-order valence-corrected chi connectivity index (χ4v) is 4.87. The van der Waals surface area contributed by atoms with Crippen molar-refractivity contribution in [2.45, 2.75) is 20.8 Å². The molecule has 0 fully saturated rings. The average molecular weight is 529 g/mol. The Hall–Kier alpha value is -4.77. The van der Waals surface area contributed by atoms with Gasteiger partial charge in [0.05, 0.1) is 22.0 Å². The first-order valence-electron chi connectivity index (χ1n) is 11.7. The second-order valence-corrected chi connectivity index (χ2v) is 9.47. The van der Waals surface area contributed by atoms with Gasteiger partial charge in [0.25, 0.3) is 11.2 Å². The number of para-hydroxylation sites is 1. The van der Waals surface area contributed by atoms with Gasteiger partial charge in [-0.25, -0.2) is 14.4 Å². The summed E-state index contributed by atoms with van der Waals surface area (Å²) >= 11 is 1.31. The van der Waals surface area contributed by atoms with Gasteiger partial charge in [-0.1, -0.05) is 18.2 Å². The molecule has 192 valence electrons. The molecule has 0 saturated heterocycles. The Morgan fingerprint density at radius 1 is 1.03 bits per heavy atom. The van der Waals surface area contributed by atoms with Gasteiger partial charge in [-0.05, 0) is 57.2 Å². The van der Waals surface area contributed by atoms with E-state index in [9.17, 15) is 14.9 Å². The SMILES string of the molecule is CC(=Nn1c(-c2ccc([N+](=O)[O-])cc2)csc1=Nc1c(C)n(C)n(-c2ccccc2)c1=O)c1ccc(C)o1. The molecule has 0 aliphatic carbocycles. The van der Waals surface area contributed by atoms with E-state index in [1.54, 1.807) is 26.2 Å². The third-order valence-corrected chi connectivity index (χ3v) is 6.95. The second-order valence-electron chi connectivity index (χ2n) is 8.64. The van der Waals surface area contributed by atoms with Crippen molar-refractivity contribution < 1.29 is 9.34 Å². The molecular formula is C27H24N6O4S. The van der Waals surface area contributed by atoms with Crippen LogP contribution < -0.4 is 10.4 Å². The first kappa shape index (κ1) is 24.9. The number of rotatable bonds is 6. The monoisotopic (exact) mass is 528 g/mol. The van der Waals surface area contributed by atoms with E-state index in [4.69, 9.17) is 14.5 Å². The highest BCUT2D eigenvalue weighted by atomic mass is 32.1. The molecule has 0 unspecified atom stereocenters. The van der Waals surface area contributed by atoms with Crippen molar-refractivity contribution in [1.29, 1.82) is 0 Å². The molecule has 10 nitrogen and oxygen atoms in total. The van der Waals surface area contributed by atoms with Crippen molar-refractivity contribution in [2.24, 2.45) is 17.1 Å². The average Bonchev–Trinajstić information content (AvgIpc) is 3.58. The summed E-state index contributed by atoms with van der Waals surface area (Å²) in [6, 6.07) is 19.3. The van der Waals surface area contributed by atoms with E-state index in [0.29, 0.717) is 38.9 Å². The minimum absolute atomic E-state index is 0.00689. The summed E-state index contributed by atoms with van der Waals surface area (Å²) < 4.78 is 10.7. The van der Waals surface area contributed by atoms with Gasteiger partial charge in [-0.15, -0.1) is 11.3 Å². The van der Waals surface area contributed by atoms with E-state index in [0.717, 1.165) is 11.4 Å². The van der Waals surface area contributed by atoms with Crippen LogP contribution in [0.15, 0.2) is 91.4 Å². The lowest BCUT2D eigenvalue weighted by Gasteiger charge is -2.07. The third-order valence-electron chi connectivity index (χ3n) is 6.14. The van der Waals surface area contributed by atoms with Crippen LogP contribution in [0.5, 0.6) is 0 Å². The number of furan rings is 1. The van der Waals surface area contributed by atoms with E-state index in [1.165, 1.54) is 23.5 Å². The van der Waals surface area contributed by atoms with Crippen LogP contribution in [-0.2, 0) is 7.05 Å². The molecule has 0 bridgehead atoms. The lowest BCUT2D eigenvalue weighted by atomic mass is 10.1. The van der Waals surface area contributed by atoms with Crippen molar-refractivity contribution in [3.8, 4) is 16.9 Å². The van der Waals surface area contributed by atoms with Crippen LogP contribution in [0.1, 0.15) is 24.1 Å². The van der Waals surface area contributed by atoms with Gasteiger partial charge in [-0.2, -0.15) is 5.10 Å². The minimum Gasteiger partial charge on any atom is -0.460 e. The summed E-state index contributed by atoms with van der Waals surface area (Å²) in [4.78, 5) is 29.4. The van der Waals surface area contributed by atoms with Crippen LogP contribution in [-0.4, -0.2) is 24.7 Å². The maximum atomic E-state index is 13.5. The number of thiazole rings is 1. The van der Waals surface area contributed by atoms with Gasteiger partial charge in [0, 0.05) is 30.1 Å². The molecular weight excluding hydrogens is 504 g/mol. The van der Waals surface area contributed by atoms with Crippen molar-refractivity contribution in [3.63, 3.8) is 0 Å². The van der Waals surface area contributed by atoms with Gasteiger partial charge in [0.1, 0.15) is 17.2 Å². The molecule has 0 N–H and O–H groups in total. The van der Waals surface area contributed by atoms with E-state index in [1.807, 2.05) is 75.7 Å². The Morgan fingerprint density at radius 2 is 1.74 bits per heavy atom. The summed E-state index contributed by atoms with van der Waals surface area (Å²) in [7, 11) is 1.81. The molecule has 0 aliphatic rings. The highest BCUT2D eigenvalue weighted by molar-refractivity contribution is 7.07. The highest BCUT2D eigenvalue weighted by Crippen LogP contribution is 2.24. The maximum absolute atomic E-state index is 13.5. The van der Waals surface area contributed by atoms with Crippen molar-refractivity contribution in [3.05, 3.63) is 115 Å². The van der Waals surface area contributed by atoms with Crippen molar-refractivity contribution in [1.82, 2.24) is 14.0 Å². The molecule has 0 saturated carbocycles. The summed E-state index contributed by atoms with van der Waals surface area (Å²) in [5, 5.41) is 17.8. The van der Waals surface area contributed by atoms with Gasteiger partial charge >= 0.3 is 0 Å². The summed E-state index contributed by atoms with van der Waals surface area (Å²) in [5.74, 6) is 1.36. The molecule has 5 rings (SSSR count). The van der Waals surface area contributed by atoms with Gasteiger partial charge in [0.2, 0.25) is 4.80 Å². The number of non-ortho nitro benzene ring substituents is 1. The topological polar surface area (TPSA) is 113 Å². The Bertz CT molecular complexity index is 1800. The number of hydrogen-bond acceptors (Lipinski definition) is 7. The normalized spacial score (nSPS) is 12.3. The van der Waals surface area contributed by atoms with E-state index in [-0.39, 0.29) is 11.2 Å². The largest absolute Gasteiger partial charge is 0.460 e. The number of nitro groups is 1. The van der Waals surface area contributed by atoms with Crippen LogP contribution >= 0.6 is 11.3 Å². The number of benzene rings is 2. The van der Waals surface area contributed by atoms with Crippen LogP contribution in [0.2, 0.25) is 0 Å². The molecule has 38 heavy (non-hydrogen) atoms. The van der Waals surface area contributed by atoms with Gasteiger partial charge in [-0.3, -0.25) is 19.6 Å². The molecule has 3 heterocycles. The molecule has 0 amide bonds. The van der Waals surface area contributed by atoms with Crippen molar-refractivity contribution in [2.75, 3.05) is 0 Å². The van der Waals surface area contributed by atoms with Gasteiger partial charge in [0.15, 0.2) is 5.69 Å². The van der Waals surface area contributed by atoms with Crippen LogP contribution in [0.4, 0.5) is 11.4 Å². The Balaban J connectivity index is 1.71. The lowest BCUT2D eigenvalue weighted by molar-refractivity contribution is -0.384. The zero-order valence-electron chi connectivity index (χ0n) is 21.2. The maximum Gasteiger partial charge on any atom is 0.297 e. The number of nitro benzene ring substituents is 1. The number of aromatic nitrogens is 3. The predicted octanol–water partition coefficient (Wildman–Crippen LogP) is 5.33. The zero-order valence-corrected chi connectivity index (χ0v) is 22.0. The first-order valence-corrected chi connectivity index (χ1v) is 12.6. The first-order chi connectivity index (χ1) is 18.2. The predicted molar refractivity (Wildman–Crippen MR) is 146 cm³/mol. The fraction of sp³-hybridized carbons (Fsp3) is 0.148. The minimum atomic E-state index is -0.441. The Kier molecular flexibility index (Phi) is 6.52. The van der Waals surface area contributed by atoms with E-state index >= 15 is 0 Å². The van der Waals surface area contributed by atoms with Gasteiger partial charge < -0.3 is 4.42 Å². The van der Waals surface area contributed by atoms with Crippen LogP contribution in [0, 0.1) is 24.0 Å². The number of hydrogen-bond donors (Lipinski definition) is 0. The molecule has 0 spiro atoms. The molecule has 11 heteroatoms. The molecule has 0 aliphatic heterocycles. The van der Waals surface area contributed by atoms with Crippen LogP contribution in [0.3, 0.4) is 0 Å². The van der Waals surface area contributed by atoms with Crippen LogP contribution in [0.25, 0.3) is 16.9 Å². The van der Waals surface area contributed by atoms with E-state index in [2.05, 4.69) is 0 Å². The quantitative estimate of drug-likeness (QED) is 0.168. The Labute approximate surface area is 221 Å². The van der Waals surface area contributed by atoms with Crippen molar-refractivity contribution >= 4 is 28.4 Å². The highest BCUT2D eigenvalue weighted by Gasteiger charge is 2.17. The smallest absolute Gasteiger partial charge is 0.297 e. The summed E-state index contributed by atoms with van der Waals surface area (Å²) in [5.41, 5.74) is 3.45. The van der Waals surface area contributed by atoms with E-state index < -0.39 is 4.92 Å². The summed E-state index contributed by atoms with van der Waals surface area (Å²) in [6.45, 7) is 5.52. The Morgan fingerprint density at radius 3 is 2.37 bits per heavy atom. The lowest BCUT2D eigenvalue weighted by Crippen LogP contribution is -2.20. The molecule has 2 aromatic carbocycles. The summed E-state index contributed by atoms with van der Waals surface area (Å²) in [6.07, 6.45) is 0. The zero-order chi connectivity index (χ0) is 27.0. The molecule has 0 atom stereocenters. The fourth-order valence-electron chi connectivity index (χ4n) is 4.03.